The van der Waals surface area contributed by atoms with Crippen molar-refractivity contribution in [3.05, 3.63) is 24.6 Å². The highest BCUT2D eigenvalue weighted by Crippen LogP contribution is 2.11. The predicted octanol–water partition coefficient (Wildman–Crippen LogP) is 2.38. The van der Waals surface area contributed by atoms with Crippen molar-refractivity contribution in [2.45, 2.75) is 18.4 Å². The van der Waals surface area contributed by atoms with E-state index in [1.807, 2.05) is 20.0 Å². The van der Waals surface area contributed by atoms with E-state index in [0.29, 0.717) is 0 Å². The van der Waals surface area contributed by atoms with E-state index in [-0.39, 0.29) is 5.01 Å². The second-order valence-corrected chi connectivity index (χ2v) is 3.12. The Kier molecular flexibility index (Phi) is 6.03. The van der Waals surface area contributed by atoms with Crippen molar-refractivity contribution in [3.63, 3.8) is 0 Å². The summed E-state index contributed by atoms with van der Waals surface area (Å²) < 4.78 is 5.38. The van der Waals surface area contributed by atoms with E-state index < -0.39 is 0 Å². The van der Waals surface area contributed by atoms with Gasteiger partial charge in [-0.05, 0) is 22.9 Å². The van der Waals surface area contributed by atoms with Gasteiger partial charge in [-0.15, -0.1) is 6.58 Å². The molecule has 1 N–H and O–H groups in total. The summed E-state index contributed by atoms with van der Waals surface area (Å²) in [6.45, 7) is 5.51. The third kappa shape index (κ3) is 5.98. The summed E-state index contributed by atoms with van der Waals surface area (Å²) in [6, 6.07) is 0. The molecule has 64 valence electrons. The van der Waals surface area contributed by atoms with Gasteiger partial charge in [-0.2, -0.15) is 0 Å². The van der Waals surface area contributed by atoms with E-state index in [1.165, 1.54) is 0 Å². The topological polar surface area (TPSA) is 21.3 Å². The number of rotatable bonds is 5. The Morgan fingerprint density at radius 1 is 1.82 bits per heavy atom. The van der Waals surface area contributed by atoms with Crippen molar-refractivity contribution in [3.8, 4) is 0 Å². The number of alkyl halides is 1. The third-order valence-electron chi connectivity index (χ3n) is 1.01. The van der Waals surface area contributed by atoms with Crippen molar-refractivity contribution in [2.24, 2.45) is 0 Å². The highest BCUT2D eigenvalue weighted by atomic mass is 79.9. The van der Waals surface area contributed by atoms with Gasteiger partial charge in [0.2, 0.25) is 0 Å². The Balaban J connectivity index is 3.64. The summed E-state index contributed by atoms with van der Waals surface area (Å²) in [5.41, 5.74) is 0. The smallest absolute Gasteiger partial charge is 0.156 e. The van der Waals surface area contributed by atoms with Crippen LogP contribution in [0.15, 0.2) is 24.6 Å². The maximum atomic E-state index is 5.38. The molecule has 0 amide bonds. The van der Waals surface area contributed by atoms with Crippen LogP contribution in [0.25, 0.3) is 0 Å². The Hall–Kier alpha value is -0.440. The van der Waals surface area contributed by atoms with Gasteiger partial charge in [-0.25, -0.2) is 0 Å². The van der Waals surface area contributed by atoms with Gasteiger partial charge in [-0.3, -0.25) is 0 Å². The molecule has 0 fully saturated rings. The number of ether oxygens (including phenoxy) is 1. The molecule has 0 aromatic carbocycles. The minimum atomic E-state index is 0.0320. The summed E-state index contributed by atoms with van der Waals surface area (Å²) in [5, 5.41) is 2.91. The van der Waals surface area contributed by atoms with E-state index in [4.69, 9.17) is 4.74 Å². The second-order valence-electron chi connectivity index (χ2n) is 2.10. The van der Waals surface area contributed by atoms with Crippen LogP contribution in [-0.2, 0) is 4.74 Å². The molecule has 0 spiro atoms. The van der Waals surface area contributed by atoms with E-state index in [2.05, 4.69) is 27.8 Å². The van der Waals surface area contributed by atoms with Crippen LogP contribution >= 0.6 is 15.9 Å². The van der Waals surface area contributed by atoms with E-state index in [9.17, 15) is 0 Å². The number of halogens is 1. The lowest BCUT2D eigenvalue weighted by Crippen LogP contribution is -2.04. The quantitative estimate of drug-likeness (QED) is 0.436. The predicted molar refractivity (Wildman–Crippen MR) is 51.4 cm³/mol. The van der Waals surface area contributed by atoms with Gasteiger partial charge in [0, 0.05) is 19.7 Å². The molecule has 1 atom stereocenters. The Bertz CT molecular complexity index is 145. The van der Waals surface area contributed by atoms with Crippen LogP contribution in [0.3, 0.4) is 0 Å². The van der Waals surface area contributed by atoms with Crippen molar-refractivity contribution >= 4 is 15.9 Å². The van der Waals surface area contributed by atoms with Gasteiger partial charge in [0.25, 0.3) is 0 Å². The van der Waals surface area contributed by atoms with Crippen LogP contribution in [0.5, 0.6) is 0 Å². The van der Waals surface area contributed by atoms with E-state index in [1.54, 1.807) is 6.20 Å². The molecule has 0 saturated heterocycles. The summed E-state index contributed by atoms with van der Waals surface area (Å²) in [7, 11) is 1.84. The molecule has 11 heavy (non-hydrogen) atoms. The zero-order chi connectivity index (χ0) is 8.69. The number of nitrogens with one attached hydrogen (secondary N) is 1. The molecule has 0 rings (SSSR count). The molecule has 0 aliphatic heterocycles. The average Bonchev–Trinajstić information content (AvgIpc) is 1.87. The monoisotopic (exact) mass is 219 g/mol. The maximum absolute atomic E-state index is 5.38. The lowest BCUT2D eigenvalue weighted by atomic mass is 10.4. The Morgan fingerprint density at radius 3 is 2.91 bits per heavy atom. The molecule has 0 aromatic rings. The number of hydrogen-bond acceptors (Lipinski definition) is 2. The first kappa shape index (κ1) is 10.6. The minimum Gasteiger partial charge on any atom is -0.482 e. The summed E-state index contributed by atoms with van der Waals surface area (Å²) in [4.78, 5) is 0. The van der Waals surface area contributed by atoms with Crippen LogP contribution < -0.4 is 5.32 Å². The number of allylic oxidation sites excluding steroid dienone is 1. The summed E-state index contributed by atoms with van der Waals surface area (Å²) in [6.07, 6.45) is 4.41. The van der Waals surface area contributed by atoms with E-state index in [0.717, 1.165) is 12.2 Å². The highest BCUT2D eigenvalue weighted by molar-refractivity contribution is 9.09. The largest absolute Gasteiger partial charge is 0.482 e. The normalized spacial score (nSPS) is 13.9. The van der Waals surface area contributed by atoms with Crippen LogP contribution in [-0.4, -0.2) is 12.1 Å². The highest BCUT2D eigenvalue weighted by Gasteiger charge is 2.00. The Morgan fingerprint density at radius 2 is 2.45 bits per heavy atom. The standard InChI is InChI=1S/C8H14BrNO/c1-4-5-8(9)11-7(2)6-10-3/h4,6,8,10H,1,5H2,2-3H3/b7-6-. The van der Waals surface area contributed by atoms with Gasteiger partial charge in [-0.1, -0.05) is 6.08 Å². The SMILES string of the molecule is C=CCC(Br)O/C(C)=C\NC. The molecule has 0 radical (unpaired) electrons. The molecular formula is C8H14BrNO. The number of hydrogen-bond donors (Lipinski definition) is 1. The lowest BCUT2D eigenvalue weighted by Gasteiger charge is -2.10. The first-order chi connectivity index (χ1) is 5.20. The van der Waals surface area contributed by atoms with Gasteiger partial charge < -0.3 is 10.1 Å². The molecule has 0 aliphatic rings. The van der Waals surface area contributed by atoms with Crippen LogP contribution in [0.4, 0.5) is 0 Å². The van der Waals surface area contributed by atoms with Crippen molar-refractivity contribution in [1.82, 2.24) is 5.32 Å². The molecule has 1 unspecified atom stereocenters. The average molecular weight is 220 g/mol. The molecule has 0 saturated carbocycles. The molecule has 0 bridgehead atoms. The van der Waals surface area contributed by atoms with Gasteiger partial charge in [0.15, 0.2) is 5.01 Å². The molecule has 2 nitrogen and oxygen atoms in total. The molecule has 0 aliphatic carbocycles. The molecule has 0 aromatic heterocycles. The van der Waals surface area contributed by atoms with Crippen LogP contribution in [0.1, 0.15) is 13.3 Å². The fraction of sp³-hybridized carbons (Fsp3) is 0.500. The minimum absolute atomic E-state index is 0.0320. The lowest BCUT2D eigenvalue weighted by molar-refractivity contribution is 0.195. The zero-order valence-corrected chi connectivity index (χ0v) is 8.52. The van der Waals surface area contributed by atoms with Crippen LogP contribution in [0.2, 0.25) is 0 Å². The maximum Gasteiger partial charge on any atom is 0.156 e. The van der Waals surface area contributed by atoms with Gasteiger partial charge in [0.05, 0.1) is 0 Å². The zero-order valence-electron chi connectivity index (χ0n) is 6.93. The van der Waals surface area contributed by atoms with Crippen molar-refractivity contribution in [2.75, 3.05) is 7.05 Å². The summed E-state index contributed by atoms with van der Waals surface area (Å²) in [5.74, 6) is 0.858. The fourth-order valence-electron chi connectivity index (χ4n) is 0.618. The third-order valence-corrected chi connectivity index (χ3v) is 1.57. The van der Waals surface area contributed by atoms with Crippen LogP contribution in [0, 0.1) is 0 Å². The van der Waals surface area contributed by atoms with Gasteiger partial charge >= 0.3 is 0 Å². The second kappa shape index (κ2) is 6.28. The fourth-order valence-corrected chi connectivity index (χ4v) is 1.18. The van der Waals surface area contributed by atoms with Crippen molar-refractivity contribution in [1.29, 1.82) is 0 Å². The first-order valence-electron chi connectivity index (χ1n) is 3.46. The molecular weight excluding hydrogens is 206 g/mol. The van der Waals surface area contributed by atoms with Crippen molar-refractivity contribution < 1.29 is 4.74 Å². The molecule has 0 heterocycles. The summed E-state index contributed by atoms with van der Waals surface area (Å²) >= 11 is 3.35. The Labute approximate surface area is 76.4 Å². The first-order valence-corrected chi connectivity index (χ1v) is 4.38. The van der Waals surface area contributed by atoms with Gasteiger partial charge in [0.1, 0.15) is 5.76 Å². The molecule has 3 heteroatoms. The van der Waals surface area contributed by atoms with E-state index >= 15 is 0 Å².